The number of aliphatic imine (C=N–C) groups is 1. The number of allylic oxidation sites excluding steroid dienone is 1. The molecule has 2 aliphatic rings. The van der Waals surface area contributed by atoms with Crippen LogP contribution in [-0.4, -0.2) is 42.2 Å². The first-order chi connectivity index (χ1) is 10.7. The van der Waals surface area contributed by atoms with Crippen molar-refractivity contribution in [2.45, 2.75) is 58.8 Å². The van der Waals surface area contributed by atoms with E-state index >= 15 is 0 Å². The van der Waals surface area contributed by atoms with E-state index in [0.717, 1.165) is 50.9 Å². The average Bonchev–Trinajstić information content (AvgIpc) is 2.92. The Morgan fingerprint density at radius 2 is 2.05 bits per heavy atom. The van der Waals surface area contributed by atoms with Crippen LogP contribution in [0.25, 0.3) is 0 Å². The fourth-order valence-corrected chi connectivity index (χ4v) is 2.87. The molecule has 5 nitrogen and oxygen atoms in total. The third-order valence-corrected chi connectivity index (χ3v) is 4.34. The second-order valence-corrected chi connectivity index (χ2v) is 6.52. The summed E-state index contributed by atoms with van der Waals surface area (Å²) < 4.78 is 0. The van der Waals surface area contributed by atoms with Crippen molar-refractivity contribution >= 4 is 5.96 Å². The number of likely N-dealkylation sites (tertiary alicyclic amines) is 1. The fourth-order valence-electron chi connectivity index (χ4n) is 2.87. The van der Waals surface area contributed by atoms with Crippen LogP contribution in [0.2, 0.25) is 0 Å². The highest BCUT2D eigenvalue weighted by Gasteiger charge is 2.22. The molecule has 1 aliphatic carbocycles. The van der Waals surface area contributed by atoms with E-state index in [-0.39, 0.29) is 0 Å². The summed E-state index contributed by atoms with van der Waals surface area (Å²) >= 11 is 0. The van der Waals surface area contributed by atoms with Crippen LogP contribution < -0.4 is 5.43 Å². The lowest BCUT2D eigenvalue weighted by atomic mass is 10.1. The molecule has 0 bridgehead atoms. The second kappa shape index (κ2) is 9.03. The van der Waals surface area contributed by atoms with E-state index in [1.165, 1.54) is 32.1 Å². The van der Waals surface area contributed by atoms with Crippen LogP contribution >= 0.6 is 0 Å². The molecule has 1 heterocycles. The van der Waals surface area contributed by atoms with Crippen LogP contribution in [-0.2, 0) is 4.84 Å². The van der Waals surface area contributed by atoms with Crippen LogP contribution in [0.15, 0.2) is 17.3 Å². The molecule has 0 aromatic heterocycles. The third-order valence-electron chi connectivity index (χ3n) is 4.34. The minimum absolute atomic E-state index is 0.697. The summed E-state index contributed by atoms with van der Waals surface area (Å²) in [7, 11) is 0. The Balaban J connectivity index is 1.92. The monoisotopic (exact) mass is 308 g/mol. The zero-order valence-electron chi connectivity index (χ0n) is 14.3. The van der Waals surface area contributed by atoms with Gasteiger partial charge < -0.3 is 9.74 Å². The summed E-state index contributed by atoms with van der Waals surface area (Å²) in [5.41, 5.74) is 3.37. The average molecular weight is 308 g/mol. The van der Waals surface area contributed by atoms with E-state index in [0.29, 0.717) is 5.76 Å². The van der Waals surface area contributed by atoms with Crippen molar-refractivity contribution < 1.29 is 4.84 Å². The number of nitrogens with zero attached hydrogens (tertiary/aromatic N) is 3. The summed E-state index contributed by atoms with van der Waals surface area (Å²) in [4.78, 5) is 12.9. The number of hydrogen-bond acceptors (Lipinski definition) is 3. The van der Waals surface area contributed by atoms with Gasteiger partial charge in [0.1, 0.15) is 5.76 Å². The molecule has 126 valence electrons. The quantitative estimate of drug-likeness (QED) is 0.323. The molecule has 0 spiro atoms. The van der Waals surface area contributed by atoms with E-state index in [2.05, 4.69) is 23.8 Å². The molecule has 2 fully saturated rings. The first kappa shape index (κ1) is 17.1. The smallest absolute Gasteiger partial charge is 0.211 e. The molecular formula is C17H32N4O. The van der Waals surface area contributed by atoms with Gasteiger partial charge in [0.15, 0.2) is 0 Å². The van der Waals surface area contributed by atoms with Gasteiger partial charge in [-0.2, -0.15) is 0 Å². The van der Waals surface area contributed by atoms with E-state index in [4.69, 9.17) is 9.83 Å². The largest absolute Gasteiger partial charge is 0.392 e. The second-order valence-electron chi connectivity index (χ2n) is 6.52. The van der Waals surface area contributed by atoms with E-state index in [1.807, 2.05) is 6.92 Å². The molecule has 0 aromatic carbocycles. The lowest BCUT2D eigenvalue weighted by Gasteiger charge is -2.36. The summed E-state index contributed by atoms with van der Waals surface area (Å²) in [6, 6.07) is 0. The van der Waals surface area contributed by atoms with Crippen LogP contribution in [0.5, 0.6) is 0 Å². The molecule has 1 saturated carbocycles. The zero-order valence-corrected chi connectivity index (χ0v) is 14.3. The van der Waals surface area contributed by atoms with Crippen molar-refractivity contribution in [2.24, 2.45) is 10.9 Å². The third kappa shape index (κ3) is 5.52. The van der Waals surface area contributed by atoms with Gasteiger partial charge >= 0.3 is 0 Å². The van der Waals surface area contributed by atoms with Gasteiger partial charge in [0, 0.05) is 19.6 Å². The predicted molar refractivity (Wildman–Crippen MR) is 91.1 cm³/mol. The minimum Gasteiger partial charge on any atom is -0.392 e. The number of nitrogens with one attached hydrogen (secondary N) is 1. The highest BCUT2D eigenvalue weighted by Crippen LogP contribution is 2.24. The van der Waals surface area contributed by atoms with Crippen LogP contribution in [0.1, 0.15) is 58.8 Å². The van der Waals surface area contributed by atoms with Gasteiger partial charge in [0.2, 0.25) is 5.96 Å². The normalized spacial score (nSPS) is 19.4. The summed E-state index contributed by atoms with van der Waals surface area (Å²) in [5, 5.41) is 1.79. The highest BCUT2D eigenvalue weighted by atomic mass is 16.7. The van der Waals surface area contributed by atoms with Crippen molar-refractivity contribution in [3.8, 4) is 0 Å². The molecule has 0 radical (unpaired) electrons. The summed E-state index contributed by atoms with van der Waals surface area (Å²) in [5.74, 6) is 2.43. The van der Waals surface area contributed by atoms with Crippen LogP contribution in [0.4, 0.5) is 0 Å². The summed E-state index contributed by atoms with van der Waals surface area (Å²) in [6.45, 7) is 11.8. The van der Waals surface area contributed by atoms with Gasteiger partial charge in [-0.05, 0) is 38.5 Å². The van der Waals surface area contributed by atoms with Gasteiger partial charge in [-0.15, -0.1) is 0 Å². The predicted octanol–water partition coefficient (Wildman–Crippen LogP) is 3.31. The maximum atomic E-state index is 5.69. The highest BCUT2D eigenvalue weighted by molar-refractivity contribution is 5.80. The van der Waals surface area contributed by atoms with Gasteiger partial charge in [0.05, 0.1) is 6.54 Å². The van der Waals surface area contributed by atoms with Crippen molar-refractivity contribution in [3.63, 3.8) is 0 Å². The van der Waals surface area contributed by atoms with Gasteiger partial charge in [-0.1, -0.05) is 37.9 Å². The van der Waals surface area contributed by atoms with Crippen molar-refractivity contribution in [1.82, 2.24) is 15.5 Å². The number of hydroxylamine groups is 1. The lowest BCUT2D eigenvalue weighted by molar-refractivity contribution is -0.146. The van der Waals surface area contributed by atoms with Crippen LogP contribution in [0.3, 0.4) is 0 Å². The molecule has 1 N–H and O–H groups in total. The van der Waals surface area contributed by atoms with Gasteiger partial charge in [-0.25, -0.2) is 0 Å². The van der Waals surface area contributed by atoms with E-state index in [1.54, 1.807) is 5.17 Å². The Kier molecular flexibility index (Phi) is 7.03. The molecule has 0 amide bonds. The zero-order chi connectivity index (χ0) is 15.8. The van der Waals surface area contributed by atoms with Gasteiger partial charge in [-0.3, -0.25) is 10.4 Å². The molecule has 0 unspecified atom stereocenters. The molecule has 0 atom stereocenters. The molecule has 0 aromatic rings. The Labute approximate surface area is 135 Å². The number of hydrogen-bond donors (Lipinski definition) is 1. The summed E-state index contributed by atoms with van der Waals surface area (Å²) in [6.07, 6.45) is 8.87. The lowest BCUT2D eigenvalue weighted by Crippen LogP contribution is -2.54. The number of rotatable bonds is 8. The maximum absolute atomic E-state index is 5.69. The SMILES string of the molecule is C=C(C)ON(CCCC)NC(=NCC1CCCC1)N1CCC1. The molecule has 22 heavy (non-hydrogen) atoms. The Morgan fingerprint density at radius 1 is 1.32 bits per heavy atom. The Hall–Kier alpha value is -1.23. The number of unbranched alkanes of at least 4 members (excludes halogenated alkanes) is 1. The Bertz CT molecular complexity index is 373. The molecule has 2 rings (SSSR count). The van der Waals surface area contributed by atoms with Crippen molar-refractivity contribution in [3.05, 3.63) is 12.3 Å². The van der Waals surface area contributed by atoms with Crippen molar-refractivity contribution in [1.29, 1.82) is 0 Å². The first-order valence-corrected chi connectivity index (χ1v) is 8.86. The van der Waals surface area contributed by atoms with Gasteiger partial charge in [0.25, 0.3) is 0 Å². The molecule has 5 heteroatoms. The first-order valence-electron chi connectivity index (χ1n) is 8.86. The minimum atomic E-state index is 0.697. The topological polar surface area (TPSA) is 40.1 Å². The molecule has 1 saturated heterocycles. The van der Waals surface area contributed by atoms with E-state index < -0.39 is 0 Å². The number of hydrazine groups is 1. The van der Waals surface area contributed by atoms with Crippen molar-refractivity contribution in [2.75, 3.05) is 26.2 Å². The Morgan fingerprint density at radius 3 is 2.59 bits per heavy atom. The van der Waals surface area contributed by atoms with E-state index in [9.17, 15) is 0 Å². The molecular weight excluding hydrogens is 276 g/mol. The maximum Gasteiger partial charge on any atom is 0.211 e. The standard InChI is InChI=1S/C17H32N4O/c1-4-5-13-21(22-15(2)3)19-17(20-11-8-12-20)18-14-16-9-6-7-10-16/h16H,2,4-14H2,1,3H3,(H,18,19). The van der Waals surface area contributed by atoms with Crippen LogP contribution in [0, 0.1) is 5.92 Å². The number of guanidine groups is 1. The molecule has 1 aliphatic heterocycles. The fraction of sp³-hybridized carbons (Fsp3) is 0.824.